The molecule has 0 saturated heterocycles. The predicted octanol–water partition coefficient (Wildman–Crippen LogP) is 4.44. The summed E-state index contributed by atoms with van der Waals surface area (Å²) in [6.45, 7) is 1.39. The van der Waals surface area contributed by atoms with Crippen molar-refractivity contribution in [1.82, 2.24) is 0 Å². The Bertz CT molecular complexity index is 756. The Balaban J connectivity index is 2.20. The molecule has 0 unspecified atom stereocenters. The highest BCUT2D eigenvalue weighted by Gasteiger charge is 2.05. The highest BCUT2D eigenvalue weighted by molar-refractivity contribution is 9.10. The molecule has 0 radical (unpaired) electrons. The minimum Gasteiger partial charge on any atom is -0.326 e. The van der Waals surface area contributed by atoms with Crippen molar-refractivity contribution in [3.63, 3.8) is 0 Å². The van der Waals surface area contributed by atoms with E-state index >= 15 is 0 Å². The van der Waals surface area contributed by atoms with Gasteiger partial charge in [-0.15, -0.1) is 0 Å². The van der Waals surface area contributed by atoms with E-state index in [1.165, 1.54) is 25.1 Å². The first kappa shape index (κ1) is 16.1. The molecular formula is C17H13BrFNO2. The van der Waals surface area contributed by atoms with Crippen LogP contribution in [0.2, 0.25) is 0 Å². The van der Waals surface area contributed by atoms with Crippen LogP contribution in [-0.2, 0) is 4.79 Å². The number of halogens is 2. The van der Waals surface area contributed by atoms with Crippen molar-refractivity contribution in [1.29, 1.82) is 0 Å². The first-order valence-electron chi connectivity index (χ1n) is 6.51. The number of allylic oxidation sites excluding steroid dienone is 1. The van der Waals surface area contributed by atoms with Crippen LogP contribution in [0.4, 0.5) is 10.1 Å². The second-order valence-corrected chi connectivity index (χ2v) is 5.54. The second kappa shape index (κ2) is 7.13. The molecule has 1 N–H and O–H groups in total. The maximum atomic E-state index is 13.6. The van der Waals surface area contributed by atoms with Crippen LogP contribution in [-0.4, -0.2) is 11.7 Å². The van der Waals surface area contributed by atoms with Crippen molar-refractivity contribution in [3.05, 3.63) is 70.0 Å². The van der Waals surface area contributed by atoms with Gasteiger partial charge in [-0.05, 0) is 42.5 Å². The number of carbonyl (C=O) groups is 2. The Morgan fingerprint density at radius 3 is 2.68 bits per heavy atom. The van der Waals surface area contributed by atoms with Crippen molar-refractivity contribution in [3.8, 4) is 0 Å². The largest absolute Gasteiger partial charge is 0.326 e. The van der Waals surface area contributed by atoms with Gasteiger partial charge < -0.3 is 5.32 Å². The fraction of sp³-hybridized carbons (Fsp3) is 0.0588. The first-order chi connectivity index (χ1) is 10.5. The maximum Gasteiger partial charge on any atom is 0.221 e. The summed E-state index contributed by atoms with van der Waals surface area (Å²) in [6.07, 6.45) is 2.73. The normalized spacial score (nSPS) is 10.7. The number of carbonyl (C=O) groups excluding carboxylic acids is 2. The third-order valence-electron chi connectivity index (χ3n) is 2.84. The quantitative estimate of drug-likeness (QED) is 0.646. The third kappa shape index (κ3) is 4.36. The minimum atomic E-state index is -0.403. The van der Waals surface area contributed by atoms with Crippen molar-refractivity contribution in [2.75, 3.05) is 5.32 Å². The third-order valence-corrected chi connectivity index (χ3v) is 3.33. The summed E-state index contributed by atoms with van der Waals surface area (Å²) in [5.41, 5.74) is 1.28. The minimum absolute atomic E-state index is 0.212. The molecule has 0 spiro atoms. The van der Waals surface area contributed by atoms with Crippen LogP contribution in [0.5, 0.6) is 0 Å². The SMILES string of the molecule is CC(=O)Nc1cccc(C(=O)C=Cc2cc(Br)ccc2F)c1. The van der Waals surface area contributed by atoms with Crippen LogP contribution < -0.4 is 5.32 Å². The second-order valence-electron chi connectivity index (χ2n) is 4.63. The molecule has 0 heterocycles. The summed E-state index contributed by atoms with van der Waals surface area (Å²) in [4.78, 5) is 23.1. The lowest BCUT2D eigenvalue weighted by atomic mass is 10.1. The van der Waals surface area contributed by atoms with E-state index in [0.717, 1.165) is 4.47 Å². The van der Waals surface area contributed by atoms with Gasteiger partial charge in [0, 0.05) is 28.2 Å². The van der Waals surface area contributed by atoms with Crippen LogP contribution in [0.3, 0.4) is 0 Å². The van der Waals surface area contributed by atoms with E-state index in [1.54, 1.807) is 36.4 Å². The van der Waals surface area contributed by atoms with Gasteiger partial charge in [0.15, 0.2) is 5.78 Å². The molecule has 2 aromatic rings. The standard InChI is InChI=1S/C17H13BrFNO2/c1-11(21)20-15-4-2-3-13(10-15)17(22)8-5-12-9-14(18)6-7-16(12)19/h2-10H,1H3,(H,20,21). The lowest BCUT2D eigenvalue weighted by Crippen LogP contribution is -2.06. The molecule has 0 aliphatic rings. The lowest BCUT2D eigenvalue weighted by molar-refractivity contribution is -0.114. The fourth-order valence-electron chi connectivity index (χ4n) is 1.86. The average molecular weight is 362 g/mol. The topological polar surface area (TPSA) is 46.2 Å². The summed E-state index contributed by atoms with van der Waals surface area (Å²) >= 11 is 3.25. The van der Waals surface area contributed by atoms with Crippen molar-refractivity contribution in [2.24, 2.45) is 0 Å². The monoisotopic (exact) mass is 361 g/mol. The molecule has 0 aliphatic heterocycles. The Hall–Kier alpha value is -2.27. The van der Waals surface area contributed by atoms with Gasteiger partial charge in [-0.2, -0.15) is 0 Å². The van der Waals surface area contributed by atoms with Crippen molar-refractivity contribution >= 4 is 39.4 Å². The summed E-state index contributed by atoms with van der Waals surface area (Å²) in [7, 11) is 0. The smallest absolute Gasteiger partial charge is 0.221 e. The molecule has 2 rings (SSSR count). The molecule has 0 saturated carbocycles. The summed E-state index contributed by atoms with van der Waals surface area (Å²) < 4.78 is 14.3. The van der Waals surface area contributed by atoms with E-state index in [4.69, 9.17) is 0 Å². The van der Waals surface area contributed by atoms with E-state index in [1.807, 2.05) is 0 Å². The molecule has 22 heavy (non-hydrogen) atoms. The number of benzene rings is 2. The van der Waals surface area contributed by atoms with Crippen LogP contribution in [0.15, 0.2) is 53.0 Å². The van der Waals surface area contributed by atoms with Crippen LogP contribution in [0.25, 0.3) is 6.08 Å². The molecule has 0 aromatic heterocycles. The van der Waals surface area contributed by atoms with E-state index in [0.29, 0.717) is 16.8 Å². The Morgan fingerprint density at radius 2 is 1.95 bits per heavy atom. The molecule has 0 bridgehead atoms. The number of amides is 1. The number of anilines is 1. The van der Waals surface area contributed by atoms with E-state index < -0.39 is 5.82 Å². The Labute approximate surface area is 136 Å². The van der Waals surface area contributed by atoms with Gasteiger partial charge in [0.1, 0.15) is 5.82 Å². The molecule has 0 atom stereocenters. The van der Waals surface area contributed by atoms with Gasteiger partial charge in [0.2, 0.25) is 5.91 Å². The molecule has 112 valence electrons. The first-order valence-corrected chi connectivity index (χ1v) is 7.30. The van der Waals surface area contributed by atoms with Crippen LogP contribution in [0, 0.1) is 5.82 Å². The zero-order valence-corrected chi connectivity index (χ0v) is 13.4. The number of hydrogen-bond donors (Lipinski definition) is 1. The number of ketones is 1. The molecule has 5 heteroatoms. The summed E-state index contributed by atoms with van der Waals surface area (Å²) in [6, 6.07) is 11.1. The highest BCUT2D eigenvalue weighted by atomic mass is 79.9. The molecule has 3 nitrogen and oxygen atoms in total. The number of rotatable bonds is 4. The average Bonchev–Trinajstić information content (AvgIpc) is 2.47. The van der Waals surface area contributed by atoms with Crippen molar-refractivity contribution in [2.45, 2.75) is 6.92 Å². The van der Waals surface area contributed by atoms with E-state index in [-0.39, 0.29) is 11.7 Å². The number of nitrogens with one attached hydrogen (secondary N) is 1. The van der Waals surface area contributed by atoms with Crippen molar-refractivity contribution < 1.29 is 14.0 Å². The van der Waals surface area contributed by atoms with Gasteiger partial charge in [-0.3, -0.25) is 9.59 Å². The van der Waals surface area contributed by atoms with E-state index in [2.05, 4.69) is 21.2 Å². The van der Waals surface area contributed by atoms with Gasteiger partial charge in [-0.25, -0.2) is 4.39 Å². The Morgan fingerprint density at radius 1 is 1.18 bits per heavy atom. The molecule has 2 aromatic carbocycles. The molecule has 0 fully saturated rings. The lowest BCUT2D eigenvalue weighted by Gasteiger charge is -2.03. The van der Waals surface area contributed by atoms with Gasteiger partial charge in [0.25, 0.3) is 0 Å². The number of hydrogen-bond acceptors (Lipinski definition) is 2. The maximum absolute atomic E-state index is 13.6. The molecule has 0 aliphatic carbocycles. The summed E-state index contributed by atoms with van der Waals surface area (Å²) in [5.74, 6) is -0.887. The van der Waals surface area contributed by atoms with Gasteiger partial charge >= 0.3 is 0 Å². The molecular weight excluding hydrogens is 349 g/mol. The fourth-order valence-corrected chi connectivity index (χ4v) is 2.24. The van der Waals surface area contributed by atoms with Gasteiger partial charge in [0.05, 0.1) is 0 Å². The molecule has 1 amide bonds. The van der Waals surface area contributed by atoms with Gasteiger partial charge in [-0.1, -0.05) is 28.1 Å². The zero-order valence-electron chi connectivity index (χ0n) is 11.8. The predicted molar refractivity (Wildman–Crippen MR) is 88.2 cm³/mol. The van der Waals surface area contributed by atoms with E-state index in [9.17, 15) is 14.0 Å². The van der Waals surface area contributed by atoms with Crippen LogP contribution >= 0.6 is 15.9 Å². The summed E-state index contributed by atoms with van der Waals surface area (Å²) in [5, 5.41) is 2.61. The van der Waals surface area contributed by atoms with Crippen LogP contribution in [0.1, 0.15) is 22.8 Å². The zero-order chi connectivity index (χ0) is 16.1. The highest BCUT2D eigenvalue weighted by Crippen LogP contribution is 2.17. The Kier molecular flexibility index (Phi) is 5.22.